The minimum atomic E-state index is -0.0192. The highest BCUT2D eigenvalue weighted by Crippen LogP contribution is 2.26. The third-order valence-electron chi connectivity index (χ3n) is 1.75. The fourth-order valence-electron chi connectivity index (χ4n) is 1.04. The van der Waals surface area contributed by atoms with E-state index in [0.29, 0.717) is 23.4 Å². The maximum Gasteiger partial charge on any atom is 0.165 e. The smallest absolute Gasteiger partial charge is 0.165 e. The van der Waals surface area contributed by atoms with Gasteiger partial charge in [0.1, 0.15) is 0 Å². The van der Waals surface area contributed by atoms with Crippen molar-refractivity contribution < 1.29 is 4.79 Å². The Bertz CT molecular complexity index is 393. The van der Waals surface area contributed by atoms with Crippen molar-refractivity contribution in [1.82, 2.24) is 0 Å². The predicted octanol–water partition coefficient (Wildman–Crippen LogP) is 3.70. The summed E-state index contributed by atoms with van der Waals surface area (Å²) in [7, 11) is 0. The second kappa shape index (κ2) is 5.19. The molecule has 0 N–H and O–H groups in total. The van der Waals surface area contributed by atoms with E-state index >= 15 is 0 Å². The van der Waals surface area contributed by atoms with E-state index in [9.17, 15) is 4.79 Å². The van der Waals surface area contributed by atoms with E-state index < -0.39 is 0 Å². The molecule has 0 aliphatic heterocycles. The molecule has 0 amide bonds. The number of hydrogen-bond donors (Lipinski definition) is 0. The lowest BCUT2D eigenvalue weighted by molar-refractivity contribution is 0.0984. The molecule has 0 spiro atoms. The van der Waals surface area contributed by atoms with Gasteiger partial charge >= 0.3 is 0 Å². The number of carbonyl (C=O) groups is 1. The SMILES string of the molecule is C#CCCC(=O)c1cccc(Br)c1Cl. The summed E-state index contributed by atoms with van der Waals surface area (Å²) >= 11 is 9.21. The van der Waals surface area contributed by atoms with Gasteiger partial charge in [0.05, 0.1) is 5.02 Å². The van der Waals surface area contributed by atoms with Crippen LogP contribution in [0.3, 0.4) is 0 Å². The van der Waals surface area contributed by atoms with Crippen LogP contribution in [-0.2, 0) is 0 Å². The van der Waals surface area contributed by atoms with Gasteiger partial charge in [-0.3, -0.25) is 4.79 Å². The number of benzene rings is 1. The first-order valence-corrected chi connectivity index (χ1v) is 5.24. The largest absolute Gasteiger partial charge is 0.294 e. The third-order valence-corrected chi connectivity index (χ3v) is 3.04. The molecule has 0 fully saturated rings. The normalized spacial score (nSPS) is 9.50. The fourth-order valence-corrected chi connectivity index (χ4v) is 1.64. The second-order valence-corrected chi connectivity index (χ2v) is 3.96. The Labute approximate surface area is 96.6 Å². The van der Waals surface area contributed by atoms with E-state index in [1.54, 1.807) is 18.2 Å². The zero-order valence-electron chi connectivity index (χ0n) is 7.39. The zero-order valence-corrected chi connectivity index (χ0v) is 9.73. The zero-order chi connectivity index (χ0) is 10.6. The number of terminal acetylenes is 1. The molecule has 72 valence electrons. The summed E-state index contributed by atoms with van der Waals surface area (Å²) in [5.74, 6) is 2.41. The Kier molecular flexibility index (Phi) is 4.19. The molecule has 0 bridgehead atoms. The lowest BCUT2D eigenvalue weighted by atomic mass is 10.1. The Hall–Kier alpha value is -0.780. The highest BCUT2D eigenvalue weighted by atomic mass is 79.9. The third kappa shape index (κ3) is 2.60. The molecule has 0 saturated heterocycles. The van der Waals surface area contributed by atoms with Crippen LogP contribution in [0.4, 0.5) is 0 Å². The van der Waals surface area contributed by atoms with Gasteiger partial charge in [0.2, 0.25) is 0 Å². The molecule has 1 aromatic carbocycles. The van der Waals surface area contributed by atoms with Crippen molar-refractivity contribution in [2.45, 2.75) is 12.8 Å². The van der Waals surface area contributed by atoms with Crippen molar-refractivity contribution >= 4 is 33.3 Å². The van der Waals surface area contributed by atoms with Crippen molar-refractivity contribution in [2.24, 2.45) is 0 Å². The number of ketones is 1. The van der Waals surface area contributed by atoms with Gasteiger partial charge in [-0.2, -0.15) is 0 Å². The van der Waals surface area contributed by atoms with Gasteiger partial charge in [-0.1, -0.05) is 17.7 Å². The molecular weight excluding hydrogens is 263 g/mol. The summed E-state index contributed by atoms with van der Waals surface area (Å²) in [5, 5.41) is 0.453. The summed E-state index contributed by atoms with van der Waals surface area (Å²) < 4.78 is 0.728. The average molecular weight is 272 g/mol. The van der Waals surface area contributed by atoms with Crippen molar-refractivity contribution in [3.63, 3.8) is 0 Å². The maximum atomic E-state index is 11.6. The van der Waals surface area contributed by atoms with Crippen LogP contribution < -0.4 is 0 Å². The highest BCUT2D eigenvalue weighted by molar-refractivity contribution is 9.10. The fraction of sp³-hybridized carbons (Fsp3) is 0.182. The molecule has 0 atom stereocenters. The van der Waals surface area contributed by atoms with E-state index in [1.165, 1.54) is 0 Å². The number of Topliss-reactive ketones (excluding diaryl/α,β-unsaturated/α-hetero) is 1. The Morgan fingerprint density at radius 3 is 2.93 bits per heavy atom. The molecule has 0 saturated carbocycles. The Morgan fingerprint density at radius 2 is 2.29 bits per heavy atom. The summed E-state index contributed by atoms with van der Waals surface area (Å²) in [6, 6.07) is 5.27. The van der Waals surface area contributed by atoms with Crippen LogP contribution in [-0.4, -0.2) is 5.78 Å². The summed E-state index contributed by atoms with van der Waals surface area (Å²) in [6.45, 7) is 0. The van der Waals surface area contributed by atoms with Gasteiger partial charge < -0.3 is 0 Å². The first kappa shape index (κ1) is 11.3. The lowest BCUT2D eigenvalue weighted by Crippen LogP contribution is -1.99. The Balaban J connectivity index is 2.91. The number of halogens is 2. The number of rotatable bonds is 3. The van der Waals surface area contributed by atoms with Gasteiger partial charge in [-0.15, -0.1) is 12.3 Å². The van der Waals surface area contributed by atoms with E-state index in [4.69, 9.17) is 18.0 Å². The van der Waals surface area contributed by atoms with Crippen LogP contribution in [0.15, 0.2) is 22.7 Å². The topological polar surface area (TPSA) is 17.1 Å². The molecule has 3 heteroatoms. The van der Waals surface area contributed by atoms with Gasteiger partial charge in [0, 0.05) is 22.9 Å². The summed E-state index contributed by atoms with van der Waals surface area (Å²) in [5.41, 5.74) is 0.524. The monoisotopic (exact) mass is 270 g/mol. The highest BCUT2D eigenvalue weighted by Gasteiger charge is 2.11. The van der Waals surface area contributed by atoms with E-state index in [2.05, 4.69) is 21.9 Å². The molecule has 0 aromatic heterocycles. The van der Waals surface area contributed by atoms with Crippen LogP contribution in [0.5, 0.6) is 0 Å². The molecule has 1 aromatic rings. The van der Waals surface area contributed by atoms with Crippen molar-refractivity contribution in [1.29, 1.82) is 0 Å². The average Bonchev–Trinajstić information content (AvgIpc) is 2.18. The molecule has 0 aliphatic rings. The van der Waals surface area contributed by atoms with Crippen LogP contribution in [0.25, 0.3) is 0 Å². The molecule has 0 heterocycles. The summed E-state index contributed by atoms with van der Waals surface area (Å²) in [4.78, 5) is 11.6. The van der Waals surface area contributed by atoms with Crippen LogP contribution in [0.2, 0.25) is 5.02 Å². The first-order valence-electron chi connectivity index (χ1n) is 4.07. The van der Waals surface area contributed by atoms with Gasteiger partial charge in [0.15, 0.2) is 5.78 Å². The van der Waals surface area contributed by atoms with Crippen LogP contribution in [0, 0.1) is 12.3 Å². The predicted molar refractivity (Wildman–Crippen MR) is 61.5 cm³/mol. The van der Waals surface area contributed by atoms with Crippen molar-refractivity contribution in [3.05, 3.63) is 33.3 Å². The van der Waals surface area contributed by atoms with Crippen LogP contribution in [0.1, 0.15) is 23.2 Å². The molecule has 0 aliphatic carbocycles. The van der Waals surface area contributed by atoms with E-state index in [1.807, 2.05) is 0 Å². The molecule has 1 rings (SSSR count). The van der Waals surface area contributed by atoms with Gasteiger partial charge in [-0.05, 0) is 28.1 Å². The van der Waals surface area contributed by atoms with E-state index in [-0.39, 0.29) is 5.78 Å². The van der Waals surface area contributed by atoms with Crippen molar-refractivity contribution in [2.75, 3.05) is 0 Å². The lowest BCUT2D eigenvalue weighted by Gasteiger charge is -2.03. The van der Waals surface area contributed by atoms with Gasteiger partial charge in [-0.25, -0.2) is 0 Å². The Morgan fingerprint density at radius 1 is 1.57 bits per heavy atom. The molecule has 1 nitrogen and oxygen atoms in total. The number of hydrogen-bond acceptors (Lipinski definition) is 1. The first-order chi connectivity index (χ1) is 6.66. The maximum absolute atomic E-state index is 11.6. The van der Waals surface area contributed by atoms with Gasteiger partial charge in [0.25, 0.3) is 0 Å². The minimum absolute atomic E-state index is 0.0192. The summed E-state index contributed by atoms with van der Waals surface area (Å²) in [6.07, 6.45) is 5.86. The van der Waals surface area contributed by atoms with E-state index in [0.717, 1.165) is 4.47 Å². The molecule has 0 radical (unpaired) electrons. The molecule has 14 heavy (non-hydrogen) atoms. The quantitative estimate of drug-likeness (QED) is 0.605. The minimum Gasteiger partial charge on any atom is -0.294 e. The van der Waals surface area contributed by atoms with Crippen LogP contribution >= 0.6 is 27.5 Å². The molecular formula is C11H8BrClO. The van der Waals surface area contributed by atoms with Crippen molar-refractivity contribution in [3.8, 4) is 12.3 Å². The molecule has 0 unspecified atom stereocenters. The number of carbonyl (C=O) groups excluding carboxylic acids is 1. The standard InChI is InChI=1S/C11H8BrClO/c1-2-3-7-10(14)8-5-4-6-9(12)11(8)13/h1,4-6H,3,7H2. The second-order valence-electron chi connectivity index (χ2n) is 2.73.